The van der Waals surface area contributed by atoms with E-state index in [1.807, 2.05) is 17.4 Å². The highest BCUT2D eigenvalue weighted by molar-refractivity contribution is 7.09. The quantitative estimate of drug-likeness (QED) is 0.745. The molecule has 1 heterocycles. The predicted molar refractivity (Wildman–Crippen MR) is 77.8 cm³/mol. The topological polar surface area (TPSA) is 20.2 Å². The molecule has 0 saturated heterocycles. The van der Waals surface area contributed by atoms with Crippen molar-refractivity contribution in [3.05, 3.63) is 52.7 Å². The maximum Gasteiger partial charge on any atom is 0.115 e. The summed E-state index contributed by atoms with van der Waals surface area (Å²) in [7, 11) is 0. The molecule has 0 bridgehead atoms. The van der Waals surface area contributed by atoms with Crippen LogP contribution in [0.25, 0.3) is 0 Å². The Hall–Kier alpha value is -1.28. The molecule has 1 aromatic carbocycles. The van der Waals surface area contributed by atoms with Gasteiger partial charge in [-0.15, -0.1) is 11.3 Å². The first-order valence-corrected chi connectivity index (χ1v) is 6.88. The van der Waals surface area contributed by atoms with Gasteiger partial charge in [-0.2, -0.15) is 0 Å². The van der Waals surface area contributed by atoms with Crippen LogP contribution in [0.1, 0.15) is 32.1 Å². The molecule has 0 amide bonds. The van der Waals surface area contributed by atoms with E-state index in [2.05, 4.69) is 38.3 Å². The lowest BCUT2D eigenvalue weighted by Gasteiger charge is -1.82. The third-order valence-corrected chi connectivity index (χ3v) is 2.71. The molecule has 1 aromatic heterocycles. The molecule has 0 aliphatic heterocycles. The Labute approximate surface area is 109 Å². The fraction of sp³-hybridized carbons (Fsp3) is 0.333. The van der Waals surface area contributed by atoms with Crippen LogP contribution in [0.2, 0.25) is 0 Å². The number of hydrogen-bond donors (Lipinski definition) is 1. The fourth-order valence-electron chi connectivity index (χ4n) is 0.942. The van der Waals surface area contributed by atoms with E-state index in [9.17, 15) is 0 Å². The van der Waals surface area contributed by atoms with Gasteiger partial charge in [0.2, 0.25) is 0 Å². The van der Waals surface area contributed by atoms with E-state index in [1.54, 1.807) is 24.3 Å². The fourth-order valence-corrected chi connectivity index (χ4v) is 1.60. The molecule has 1 N–H and O–H groups in total. The number of phenols is 1. The summed E-state index contributed by atoms with van der Waals surface area (Å²) in [4.78, 5) is 1.47. The molecule has 2 heteroatoms. The van der Waals surface area contributed by atoms with Gasteiger partial charge in [0.25, 0.3) is 0 Å². The summed E-state index contributed by atoms with van der Waals surface area (Å²) in [5.74, 6) is 0.322. The van der Waals surface area contributed by atoms with Crippen molar-refractivity contribution in [3.8, 4) is 5.75 Å². The molecule has 0 radical (unpaired) electrons. The summed E-state index contributed by atoms with van der Waals surface area (Å²) in [6.07, 6.45) is 2.43. The number of rotatable bonds is 1. The minimum absolute atomic E-state index is 0.322. The molecule has 1 nitrogen and oxygen atoms in total. The summed E-state index contributed by atoms with van der Waals surface area (Å²) >= 11 is 1.82. The lowest BCUT2D eigenvalue weighted by atomic mass is 10.3. The molecule has 2 rings (SSSR count). The molecule has 0 aliphatic rings. The Morgan fingerprint density at radius 2 is 1.53 bits per heavy atom. The number of para-hydroxylation sites is 1. The van der Waals surface area contributed by atoms with Gasteiger partial charge in [-0.1, -0.05) is 51.5 Å². The number of phenolic OH excluding ortho intramolecular Hbond substituents is 1. The standard InChI is InChI=1S/C6H6O.C6H8S.C3H8/c7-6-4-2-1-3-5-6;1-2-6-4-3-5-7-6;1-3-2/h1-5,7H;3-5H,2H2,1H3;3H2,1-2H3. The summed E-state index contributed by atoms with van der Waals surface area (Å²) in [6.45, 7) is 6.42. The van der Waals surface area contributed by atoms with Crippen LogP contribution in [0.3, 0.4) is 0 Å². The van der Waals surface area contributed by atoms with Gasteiger partial charge in [-0.25, -0.2) is 0 Å². The Kier molecular flexibility index (Phi) is 10.4. The van der Waals surface area contributed by atoms with Crippen molar-refractivity contribution in [1.29, 1.82) is 0 Å². The van der Waals surface area contributed by atoms with Crippen molar-refractivity contribution >= 4 is 11.3 Å². The van der Waals surface area contributed by atoms with E-state index < -0.39 is 0 Å². The second-order valence-corrected chi connectivity index (χ2v) is 4.51. The van der Waals surface area contributed by atoms with Crippen molar-refractivity contribution < 1.29 is 5.11 Å². The Bertz CT molecular complexity index is 340. The average Bonchev–Trinajstić information content (AvgIpc) is 2.85. The first-order valence-electron chi connectivity index (χ1n) is 6.00. The molecule has 0 saturated carbocycles. The SMILES string of the molecule is CCC.CCc1cccs1.Oc1ccccc1. The summed E-state index contributed by atoms with van der Waals surface area (Å²) in [6, 6.07) is 13.0. The third-order valence-electron chi connectivity index (χ3n) is 1.68. The highest BCUT2D eigenvalue weighted by atomic mass is 32.1. The van der Waals surface area contributed by atoms with E-state index in [1.165, 1.54) is 17.7 Å². The van der Waals surface area contributed by atoms with Gasteiger partial charge in [-0.05, 0) is 30.0 Å². The van der Waals surface area contributed by atoms with Crippen LogP contribution >= 0.6 is 11.3 Å². The highest BCUT2D eigenvalue weighted by Crippen LogP contribution is 2.07. The summed E-state index contributed by atoms with van der Waals surface area (Å²) < 4.78 is 0. The molecule has 0 fully saturated rings. The maximum absolute atomic E-state index is 8.63. The van der Waals surface area contributed by atoms with E-state index >= 15 is 0 Å². The van der Waals surface area contributed by atoms with Gasteiger partial charge in [0.1, 0.15) is 5.75 Å². The smallest absolute Gasteiger partial charge is 0.115 e. The van der Waals surface area contributed by atoms with Crippen LogP contribution in [0, 0.1) is 0 Å². The lowest BCUT2D eigenvalue weighted by molar-refractivity contribution is 0.475. The Balaban J connectivity index is 0.000000247. The summed E-state index contributed by atoms with van der Waals surface area (Å²) in [5, 5.41) is 10.7. The van der Waals surface area contributed by atoms with E-state index in [4.69, 9.17) is 5.11 Å². The normalized spacial score (nSPS) is 8.41. The van der Waals surface area contributed by atoms with E-state index in [0.717, 1.165) is 0 Å². The molecule has 0 unspecified atom stereocenters. The van der Waals surface area contributed by atoms with Gasteiger partial charge >= 0.3 is 0 Å². The molecule has 94 valence electrons. The molecule has 0 aliphatic carbocycles. The molecule has 0 atom stereocenters. The van der Waals surface area contributed by atoms with Gasteiger partial charge in [-0.3, -0.25) is 0 Å². The molecule has 2 aromatic rings. The van der Waals surface area contributed by atoms with Crippen LogP contribution in [0.5, 0.6) is 5.75 Å². The number of aromatic hydroxyl groups is 1. The third kappa shape index (κ3) is 9.64. The average molecular weight is 250 g/mol. The van der Waals surface area contributed by atoms with Crippen LogP contribution in [0.4, 0.5) is 0 Å². The molecular formula is C15H22OS. The molecular weight excluding hydrogens is 228 g/mol. The zero-order valence-electron chi connectivity index (χ0n) is 10.9. The van der Waals surface area contributed by atoms with Gasteiger partial charge in [0.15, 0.2) is 0 Å². The first-order chi connectivity index (χ1) is 8.24. The Morgan fingerprint density at radius 1 is 0.941 bits per heavy atom. The maximum atomic E-state index is 8.63. The predicted octanol–water partition coefficient (Wildman–Crippen LogP) is 5.12. The lowest BCUT2D eigenvalue weighted by Crippen LogP contribution is -1.63. The number of thiophene rings is 1. The van der Waals surface area contributed by atoms with Crippen molar-refractivity contribution in [3.63, 3.8) is 0 Å². The minimum Gasteiger partial charge on any atom is -0.508 e. The van der Waals surface area contributed by atoms with Gasteiger partial charge in [0, 0.05) is 4.88 Å². The second kappa shape index (κ2) is 11.2. The van der Waals surface area contributed by atoms with Crippen LogP contribution in [-0.2, 0) is 6.42 Å². The van der Waals surface area contributed by atoms with Crippen molar-refractivity contribution in [2.75, 3.05) is 0 Å². The van der Waals surface area contributed by atoms with Crippen molar-refractivity contribution in [2.24, 2.45) is 0 Å². The number of aryl methyl sites for hydroxylation is 1. The zero-order chi connectivity index (χ0) is 12.9. The minimum atomic E-state index is 0.322. The van der Waals surface area contributed by atoms with Crippen molar-refractivity contribution in [2.45, 2.75) is 33.6 Å². The van der Waals surface area contributed by atoms with Crippen molar-refractivity contribution in [1.82, 2.24) is 0 Å². The highest BCUT2D eigenvalue weighted by Gasteiger charge is 1.82. The van der Waals surface area contributed by atoms with E-state index in [-0.39, 0.29) is 0 Å². The Morgan fingerprint density at radius 3 is 1.76 bits per heavy atom. The van der Waals surface area contributed by atoms with Crippen LogP contribution in [0.15, 0.2) is 47.8 Å². The first kappa shape index (κ1) is 15.7. The van der Waals surface area contributed by atoms with E-state index in [0.29, 0.717) is 5.75 Å². The number of hydrogen-bond acceptors (Lipinski definition) is 2. The molecule has 17 heavy (non-hydrogen) atoms. The zero-order valence-corrected chi connectivity index (χ0v) is 11.7. The second-order valence-electron chi connectivity index (χ2n) is 3.48. The van der Waals surface area contributed by atoms with Gasteiger partial charge in [0.05, 0.1) is 0 Å². The van der Waals surface area contributed by atoms with Crippen LogP contribution in [-0.4, -0.2) is 5.11 Å². The largest absolute Gasteiger partial charge is 0.508 e. The summed E-state index contributed by atoms with van der Waals surface area (Å²) in [5.41, 5.74) is 0. The monoisotopic (exact) mass is 250 g/mol. The molecule has 0 spiro atoms. The number of benzene rings is 1. The van der Waals surface area contributed by atoms with Crippen LogP contribution < -0.4 is 0 Å². The van der Waals surface area contributed by atoms with Gasteiger partial charge < -0.3 is 5.11 Å².